The molecule has 2 N–H and O–H groups in total. The summed E-state index contributed by atoms with van der Waals surface area (Å²) in [5, 5.41) is 6.18. The molecule has 2 atom stereocenters. The molecule has 0 radical (unpaired) electrons. The van der Waals surface area contributed by atoms with E-state index in [0.29, 0.717) is 12.1 Å². The Hall–Kier alpha value is -3.64. The molecule has 182 valence electrons. The van der Waals surface area contributed by atoms with Crippen LogP contribution in [0.2, 0.25) is 0 Å². The molecule has 0 aliphatic carbocycles. The number of nitrogens with zero attached hydrogens (tertiary/aromatic N) is 1. The van der Waals surface area contributed by atoms with E-state index in [-0.39, 0.29) is 24.3 Å². The van der Waals surface area contributed by atoms with Gasteiger partial charge in [-0.3, -0.25) is 14.5 Å². The highest BCUT2D eigenvalue weighted by Gasteiger charge is 2.25. The summed E-state index contributed by atoms with van der Waals surface area (Å²) >= 11 is 0. The van der Waals surface area contributed by atoms with E-state index in [0.717, 1.165) is 42.8 Å². The van der Waals surface area contributed by atoms with Crippen LogP contribution in [-0.4, -0.2) is 43.5 Å². The van der Waals surface area contributed by atoms with Crippen molar-refractivity contribution in [3.05, 3.63) is 102 Å². The Bertz CT molecular complexity index is 1100. The van der Waals surface area contributed by atoms with Gasteiger partial charge in [0.2, 0.25) is 5.91 Å². The van der Waals surface area contributed by atoms with Crippen molar-refractivity contribution in [2.24, 2.45) is 0 Å². The van der Waals surface area contributed by atoms with Crippen LogP contribution in [0.1, 0.15) is 52.8 Å². The largest absolute Gasteiger partial charge is 0.497 e. The van der Waals surface area contributed by atoms with Gasteiger partial charge in [0, 0.05) is 12.1 Å². The first-order chi connectivity index (χ1) is 17.1. The Morgan fingerprint density at radius 1 is 0.886 bits per heavy atom. The Morgan fingerprint density at radius 2 is 1.54 bits per heavy atom. The highest BCUT2D eigenvalue weighted by Crippen LogP contribution is 2.27. The number of nitrogens with one attached hydrogen (secondary N) is 2. The van der Waals surface area contributed by atoms with Crippen LogP contribution in [0.15, 0.2) is 84.9 Å². The second kappa shape index (κ2) is 12.2. The van der Waals surface area contributed by atoms with E-state index in [1.165, 1.54) is 0 Å². The number of hydrogen-bond donors (Lipinski definition) is 2. The van der Waals surface area contributed by atoms with Crippen LogP contribution in [-0.2, 0) is 4.79 Å². The van der Waals surface area contributed by atoms with E-state index in [4.69, 9.17) is 4.74 Å². The van der Waals surface area contributed by atoms with Crippen molar-refractivity contribution in [3.8, 4) is 5.75 Å². The molecule has 3 aromatic carbocycles. The maximum atomic E-state index is 13.1. The minimum Gasteiger partial charge on any atom is -0.497 e. The molecule has 1 aliphatic rings. The first-order valence-corrected chi connectivity index (χ1v) is 12.2. The fraction of sp³-hybridized carbons (Fsp3) is 0.310. The number of amides is 2. The van der Waals surface area contributed by atoms with Gasteiger partial charge in [-0.1, -0.05) is 60.7 Å². The molecule has 0 saturated carbocycles. The van der Waals surface area contributed by atoms with E-state index in [1.807, 2.05) is 66.7 Å². The molecule has 2 unspecified atom stereocenters. The lowest BCUT2D eigenvalue weighted by Crippen LogP contribution is -2.39. The summed E-state index contributed by atoms with van der Waals surface area (Å²) in [6.45, 7) is 2.52. The molecule has 3 aromatic rings. The van der Waals surface area contributed by atoms with Crippen LogP contribution in [0.5, 0.6) is 5.75 Å². The maximum Gasteiger partial charge on any atom is 0.251 e. The van der Waals surface area contributed by atoms with Crippen molar-refractivity contribution in [1.82, 2.24) is 15.5 Å². The van der Waals surface area contributed by atoms with Crippen molar-refractivity contribution in [2.75, 3.05) is 26.7 Å². The van der Waals surface area contributed by atoms with E-state index < -0.39 is 6.04 Å². The van der Waals surface area contributed by atoms with E-state index in [2.05, 4.69) is 21.6 Å². The summed E-state index contributed by atoms with van der Waals surface area (Å²) in [6, 6.07) is 26.4. The molecule has 35 heavy (non-hydrogen) atoms. The van der Waals surface area contributed by atoms with E-state index in [9.17, 15) is 9.59 Å². The fourth-order valence-electron chi connectivity index (χ4n) is 4.60. The second-order valence-electron chi connectivity index (χ2n) is 8.85. The number of methoxy groups -OCH3 is 1. The molecule has 0 aromatic heterocycles. The smallest absolute Gasteiger partial charge is 0.251 e. The van der Waals surface area contributed by atoms with E-state index >= 15 is 0 Å². The Kier molecular flexibility index (Phi) is 8.52. The van der Waals surface area contributed by atoms with E-state index in [1.54, 1.807) is 19.2 Å². The third-order valence-corrected chi connectivity index (χ3v) is 6.49. The summed E-state index contributed by atoms with van der Waals surface area (Å²) < 4.78 is 5.42. The quantitative estimate of drug-likeness (QED) is 0.457. The summed E-state index contributed by atoms with van der Waals surface area (Å²) in [5.74, 6) is 0.517. The number of hydrogen-bond acceptors (Lipinski definition) is 4. The van der Waals surface area contributed by atoms with Crippen LogP contribution in [0, 0.1) is 0 Å². The van der Waals surface area contributed by atoms with Gasteiger partial charge in [-0.15, -0.1) is 0 Å². The molecule has 1 heterocycles. The Labute approximate surface area is 207 Å². The molecule has 4 rings (SSSR count). The van der Waals surface area contributed by atoms with Gasteiger partial charge in [0.05, 0.1) is 25.6 Å². The van der Waals surface area contributed by atoms with Gasteiger partial charge in [-0.05, 0) is 61.3 Å². The maximum absolute atomic E-state index is 13.1. The first kappa shape index (κ1) is 24.5. The van der Waals surface area contributed by atoms with Gasteiger partial charge in [0.1, 0.15) is 5.75 Å². The third-order valence-electron chi connectivity index (χ3n) is 6.49. The van der Waals surface area contributed by atoms with Gasteiger partial charge in [0.25, 0.3) is 5.91 Å². The number of carbonyl (C=O) groups excluding carboxylic acids is 2. The highest BCUT2D eigenvalue weighted by atomic mass is 16.5. The normalized spacial score (nSPS) is 15.2. The molecule has 1 saturated heterocycles. The molecule has 0 bridgehead atoms. The third kappa shape index (κ3) is 6.70. The lowest BCUT2D eigenvalue weighted by Gasteiger charge is -2.29. The minimum atomic E-state index is -0.425. The number of likely N-dealkylation sites (tertiary alicyclic amines) is 1. The molecule has 0 spiro atoms. The van der Waals surface area contributed by atoms with Crippen molar-refractivity contribution in [3.63, 3.8) is 0 Å². The van der Waals surface area contributed by atoms with Crippen LogP contribution in [0.25, 0.3) is 0 Å². The predicted octanol–water partition coefficient (Wildman–Crippen LogP) is 4.51. The Balaban J connectivity index is 1.45. The second-order valence-corrected chi connectivity index (χ2v) is 8.85. The molecule has 6 nitrogen and oxygen atoms in total. The fourth-order valence-corrected chi connectivity index (χ4v) is 4.60. The molecule has 1 fully saturated rings. The Morgan fingerprint density at radius 3 is 2.23 bits per heavy atom. The molecular formula is C29H33N3O3. The molecule has 1 aliphatic heterocycles. The minimum absolute atomic E-state index is 0.0747. The molecule has 6 heteroatoms. The van der Waals surface area contributed by atoms with Crippen molar-refractivity contribution in [1.29, 1.82) is 0 Å². The summed E-state index contributed by atoms with van der Waals surface area (Å²) in [5.41, 5.74) is 2.60. The van der Waals surface area contributed by atoms with Crippen LogP contribution in [0.4, 0.5) is 0 Å². The number of benzene rings is 3. The van der Waals surface area contributed by atoms with Crippen molar-refractivity contribution in [2.45, 2.75) is 31.3 Å². The van der Waals surface area contributed by atoms with Gasteiger partial charge in [-0.2, -0.15) is 0 Å². The SMILES string of the molecule is COc1cccc(C(CNC(=O)CC(NC(=O)c2ccccc2)c2ccccc2)N2CCCC2)c1. The average Bonchev–Trinajstić information content (AvgIpc) is 3.44. The number of ether oxygens (including phenoxy) is 1. The average molecular weight is 472 g/mol. The lowest BCUT2D eigenvalue weighted by atomic mass is 10.0. The molecular weight excluding hydrogens is 438 g/mol. The zero-order valence-corrected chi connectivity index (χ0v) is 20.2. The van der Waals surface area contributed by atoms with Crippen LogP contribution >= 0.6 is 0 Å². The number of rotatable bonds is 10. The number of carbonyl (C=O) groups is 2. The monoisotopic (exact) mass is 471 g/mol. The zero-order valence-electron chi connectivity index (χ0n) is 20.2. The van der Waals surface area contributed by atoms with Crippen LogP contribution in [0.3, 0.4) is 0 Å². The zero-order chi connectivity index (χ0) is 24.5. The topological polar surface area (TPSA) is 70.7 Å². The first-order valence-electron chi connectivity index (χ1n) is 12.2. The molecule has 2 amide bonds. The van der Waals surface area contributed by atoms with Crippen molar-refractivity contribution >= 4 is 11.8 Å². The summed E-state index contributed by atoms with van der Waals surface area (Å²) in [4.78, 5) is 28.4. The summed E-state index contributed by atoms with van der Waals surface area (Å²) in [6.07, 6.45) is 2.49. The summed E-state index contributed by atoms with van der Waals surface area (Å²) in [7, 11) is 1.67. The highest BCUT2D eigenvalue weighted by molar-refractivity contribution is 5.94. The lowest BCUT2D eigenvalue weighted by molar-refractivity contribution is -0.121. The van der Waals surface area contributed by atoms with Gasteiger partial charge in [-0.25, -0.2) is 0 Å². The van der Waals surface area contributed by atoms with Gasteiger partial charge < -0.3 is 15.4 Å². The van der Waals surface area contributed by atoms with Gasteiger partial charge in [0.15, 0.2) is 0 Å². The predicted molar refractivity (Wildman–Crippen MR) is 137 cm³/mol. The van der Waals surface area contributed by atoms with Gasteiger partial charge >= 0.3 is 0 Å². The standard InChI is InChI=1S/C29H33N3O3/c1-35-25-16-10-15-24(19-25)27(32-17-8-9-18-32)21-30-28(33)20-26(22-11-4-2-5-12-22)31-29(34)23-13-6-3-7-14-23/h2-7,10-16,19,26-27H,8-9,17-18,20-21H2,1H3,(H,30,33)(H,31,34). The van der Waals surface area contributed by atoms with Crippen LogP contribution < -0.4 is 15.4 Å². The van der Waals surface area contributed by atoms with Crippen molar-refractivity contribution < 1.29 is 14.3 Å².